The fraction of sp³-hybridized carbons (Fsp3) is 0.529. The minimum atomic E-state index is -0.274. The Morgan fingerprint density at radius 2 is 2.09 bits per heavy atom. The van der Waals surface area contributed by atoms with Crippen LogP contribution in [0.4, 0.5) is 10.5 Å². The van der Waals surface area contributed by atoms with Crippen LogP contribution in [0.2, 0.25) is 0 Å². The van der Waals surface area contributed by atoms with Crippen LogP contribution in [0.3, 0.4) is 0 Å². The summed E-state index contributed by atoms with van der Waals surface area (Å²) in [6.45, 7) is 7.76. The first-order valence-corrected chi connectivity index (χ1v) is 8.15. The molecular weight excluding hydrogens is 292 g/mol. The van der Waals surface area contributed by atoms with E-state index in [0.29, 0.717) is 17.2 Å². The number of hydrogen-bond acceptors (Lipinski definition) is 3. The Labute approximate surface area is 137 Å². The maximum atomic E-state index is 12.4. The molecule has 1 aromatic carbocycles. The number of carbonyl (C=O) groups excluding carboxylic acids is 2. The summed E-state index contributed by atoms with van der Waals surface area (Å²) in [6.07, 6.45) is 0.932. The molecule has 2 rings (SSSR count). The maximum absolute atomic E-state index is 12.4. The molecule has 1 heterocycles. The van der Waals surface area contributed by atoms with Crippen LogP contribution in [-0.4, -0.2) is 37.1 Å². The van der Waals surface area contributed by atoms with Crippen LogP contribution in [-0.2, 0) is 0 Å². The number of urea groups is 1. The lowest BCUT2D eigenvalue weighted by Crippen LogP contribution is -2.48. The second kappa shape index (κ2) is 7.97. The van der Waals surface area contributed by atoms with Gasteiger partial charge < -0.3 is 21.3 Å². The molecular formula is C17H26N4O2. The fourth-order valence-corrected chi connectivity index (χ4v) is 2.65. The summed E-state index contributed by atoms with van der Waals surface area (Å²) in [4.78, 5) is 24.1. The summed E-state index contributed by atoms with van der Waals surface area (Å²) in [5, 5.41) is 11.9. The van der Waals surface area contributed by atoms with E-state index in [1.54, 1.807) is 24.3 Å². The van der Waals surface area contributed by atoms with Crippen molar-refractivity contribution < 1.29 is 9.59 Å². The van der Waals surface area contributed by atoms with Gasteiger partial charge in [0, 0.05) is 23.3 Å². The van der Waals surface area contributed by atoms with Crippen molar-refractivity contribution >= 4 is 17.6 Å². The molecule has 0 radical (unpaired) electrons. The van der Waals surface area contributed by atoms with Crippen molar-refractivity contribution in [2.24, 2.45) is 5.92 Å². The molecule has 1 aliphatic rings. The minimum absolute atomic E-state index is 0.0582. The molecule has 1 saturated heterocycles. The third-order valence-electron chi connectivity index (χ3n) is 3.90. The zero-order valence-electron chi connectivity index (χ0n) is 14.0. The van der Waals surface area contributed by atoms with Crippen molar-refractivity contribution in [2.75, 3.05) is 18.4 Å². The van der Waals surface area contributed by atoms with Crippen molar-refractivity contribution in [2.45, 2.75) is 39.3 Å². The molecule has 1 fully saturated rings. The van der Waals surface area contributed by atoms with Crippen LogP contribution >= 0.6 is 0 Å². The molecule has 23 heavy (non-hydrogen) atoms. The smallest absolute Gasteiger partial charge is 0.319 e. The number of amides is 3. The highest BCUT2D eigenvalue weighted by atomic mass is 16.2. The molecule has 0 aromatic heterocycles. The maximum Gasteiger partial charge on any atom is 0.319 e. The Kier molecular flexibility index (Phi) is 5.98. The third kappa shape index (κ3) is 5.25. The van der Waals surface area contributed by atoms with Gasteiger partial charge in [0.05, 0.1) is 0 Å². The normalized spacial score (nSPS) is 20.9. The SMILES string of the molecule is CC(C)NC(=O)Nc1cccc(C(=O)NC2CCNCC2C)c1. The summed E-state index contributed by atoms with van der Waals surface area (Å²) in [7, 11) is 0. The molecule has 3 amide bonds. The summed E-state index contributed by atoms with van der Waals surface area (Å²) in [5.41, 5.74) is 1.16. The Morgan fingerprint density at radius 3 is 2.78 bits per heavy atom. The Morgan fingerprint density at radius 1 is 1.30 bits per heavy atom. The second-order valence-electron chi connectivity index (χ2n) is 6.38. The van der Waals surface area contributed by atoms with Gasteiger partial charge in [-0.2, -0.15) is 0 Å². The first-order valence-electron chi connectivity index (χ1n) is 8.15. The van der Waals surface area contributed by atoms with E-state index in [9.17, 15) is 9.59 Å². The van der Waals surface area contributed by atoms with Gasteiger partial charge in [-0.1, -0.05) is 13.0 Å². The summed E-state index contributed by atoms with van der Waals surface area (Å²) >= 11 is 0. The molecule has 2 unspecified atom stereocenters. The zero-order chi connectivity index (χ0) is 16.8. The lowest BCUT2D eigenvalue weighted by Gasteiger charge is -2.30. The van der Waals surface area contributed by atoms with Crippen molar-refractivity contribution in [3.63, 3.8) is 0 Å². The fourth-order valence-electron chi connectivity index (χ4n) is 2.65. The second-order valence-corrected chi connectivity index (χ2v) is 6.38. The largest absolute Gasteiger partial charge is 0.349 e. The van der Waals surface area contributed by atoms with E-state index in [0.717, 1.165) is 19.5 Å². The van der Waals surface area contributed by atoms with E-state index in [1.807, 2.05) is 13.8 Å². The molecule has 6 nitrogen and oxygen atoms in total. The first-order chi connectivity index (χ1) is 11.0. The minimum Gasteiger partial charge on any atom is -0.349 e. The number of hydrogen-bond donors (Lipinski definition) is 4. The first kappa shape index (κ1) is 17.3. The van der Waals surface area contributed by atoms with Gasteiger partial charge in [-0.15, -0.1) is 0 Å². The standard InChI is InChI=1S/C17H26N4O2/c1-11(2)19-17(23)20-14-6-4-5-13(9-14)16(22)21-15-7-8-18-10-12(15)3/h4-6,9,11-12,15,18H,7-8,10H2,1-3H3,(H,21,22)(H2,19,20,23). The van der Waals surface area contributed by atoms with Gasteiger partial charge in [-0.25, -0.2) is 4.79 Å². The van der Waals surface area contributed by atoms with Crippen molar-refractivity contribution in [1.82, 2.24) is 16.0 Å². The third-order valence-corrected chi connectivity index (χ3v) is 3.90. The van der Waals surface area contributed by atoms with Gasteiger partial charge in [0.1, 0.15) is 0 Å². The van der Waals surface area contributed by atoms with Gasteiger partial charge in [0.15, 0.2) is 0 Å². The van der Waals surface area contributed by atoms with Crippen molar-refractivity contribution in [1.29, 1.82) is 0 Å². The topological polar surface area (TPSA) is 82.3 Å². The van der Waals surface area contributed by atoms with Crippen molar-refractivity contribution in [3.05, 3.63) is 29.8 Å². The molecule has 1 aliphatic heterocycles. The summed E-state index contributed by atoms with van der Waals surface area (Å²) in [6, 6.07) is 6.96. The van der Waals surface area contributed by atoms with Crippen LogP contribution < -0.4 is 21.3 Å². The predicted molar refractivity (Wildman–Crippen MR) is 91.6 cm³/mol. The number of piperidine rings is 1. The molecule has 1 aromatic rings. The Hall–Kier alpha value is -2.08. The molecule has 0 saturated carbocycles. The van der Waals surface area contributed by atoms with Gasteiger partial charge in [-0.05, 0) is 57.5 Å². The predicted octanol–water partition coefficient (Wildman–Crippen LogP) is 1.94. The highest BCUT2D eigenvalue weighted by Crippen LogP contribution is 2.14. The Bertz CT molecular complexity index is 559. The molecule has 126 valence electrons. The summed E-state index contributed by atoms with van der Waals surface area (Å²) in [5.74, 6) is 0.308. The average molecular weight is 318 g/mol. The molecule has 6 heteroatoms. The molecule has 2 atom stereocenters. The van der Waals surface area contributed by atoms with Gasteiger partial charge in [-0.3, -0.25) is 4.79 Å². The van der Waals surface area contributed by atoms with E-state index < -0.39 is 0 Å². The van der Waals surface area contributed by atoms with E-state index in [2.05, 4.69) is 28.2 Å². The highest BCUT2D eigenvalue weighted by molar-refractivity contribution is 5.97. The average Bonchev–Trinajstić information content (AvgIpc) is 2.49. The number of rotatable bonds is 4. The quantitative estimate of drug-likeness (QED) is 0.685. The molecule has 0 bridgehead atoms. The van der Waals surface area contributed by atoms with Crippen LogP contribution in [0.25, 0.3) is 0 Å². The van der Waals surface area contributed by atoms with Crippen LogP contribution in [0.15, 0.2) is 24.3 Å². The van der Waals surface area contributed by atoms with Crippen LogP contribution in [0.5, 0.6) is 0 Å². The Balaban J connectivity index is 1.98. The van der Waals surface area contributed by atoms with E-state index in [4.69, 9.17) is 0 Å². The van der Waals surface area contributed by atoms with Gasteiger partial charge >= 0.3 is 6.03 Å². The monoisotopic (exact) mass is 318 g/mol. The van der Waals surface area contributed by atoms with E-state index in [1.165, 1.54) is 0 Å². The molecule has 0 aliphatic carbocycles. The zero-order valence-corrected chi connectivity index (χ0v) is 14.0. The van der Waals surface area contributed by atoms with Gasteiger partial charge in [0.25, 0.3) is 5.91 Å². The number of benzene rings is 1. The molecule has 4 N–H and O–H groups in total. The highest BCUT2D eigenvalue weighted by Gasteiger charge is 2.23. The lowest BCUT2D eigenvalue weighted by atomic mass is 9.95. The summed E-state index contributed by atoms with van der Waals surface area (Å²) < 4.78 is 0. The number of carbonyl (C=O) groups is 2. The van der Waals surface area contributed by atoms with E-state index >= 15 is 0 Å². The van der Waals surface area contributed by atoms with Gasteiger partial charge in [0.2, 0.25) is 0 Å². The lowest BCUT2D eigenvalue weighted by molar-refractivity contribution is 0.0914. The number of anilines is 1. The van der Waals surface area contributed by atoms with Crippen molar-refractivity contribution in [3.8, 4) is 0 Å². The van der Waals surface area contributed by atoms with Crippen LogP contribution in [0.1, 0.15) is 37.6 Å². The molecule has 0 spiro atoms. The van der Waals surface area contributed by atoms with E-state index in [-0.39, 0.29) is 24.0 Å². The number of nitrogens with one attached hydrogen (secondary N) is 4. The van der Waals surface area contributed by atoms with Crippen LogP contribution in [0, 0.1) is 5.92 Å².